The fourth-order valence-corrected chi connectivity index (χ4v) is 2.35. The number of hydrogen-bond donors (Lipinski definition) is 2. The summed E-state index contributed by atoms with van der Waals surface area (Å²) in [6.07, 6.45) is -1.23. The van der Waals surface area contributed by atoms with Crippen LogP contribution in [0.4, 0.5) is 11.4 Å². The molecule has 0 radical (unpaired) electrons. The highest BCUT2D eigenvalue weighted by Crippen LogP contribution is 2.23. The third kappa shape index (κ3) is 5.76. The highest BCUT2D eigenvalue weighted by molar-refractivity contribution is 5.99. The highest BCUT2D eigenvalue weighted by atomic mass is 16.6. The number of hydrogen-bond acceptors (Lipinski definition) is 7. The van der Waals surface area contributed by atoms with Gasteiger partial charge in [0.15, 0.2) is 6.10 Å². The van der Waals surface area contributed by atoms with E-state index >= 15 is 0 Å². The van der Waals surface area contributed by atoms with Crippen LogP contribution in [0.5, 0.6) is 5.75 Å². The number of anilines is 1. The van der Waals surface area contributed by atoms with Crippen molar-refractivity contribution in [2.24, 2.45) is 0 Å². The second-order valence-electron chi connectivity index (χ2n) is 5.78. The number of carbonyl (C=O) groups excluding carboxylic acids is 3. The van der Waals surface area contributed by atoms with Gasteiger partial charge in [0, 0.05) is 6.07 Å². The topological polar surface area (TPSA) is 137 Å². The Labute approximate surface area is 166 Å². The molecule has 0 saturated carbocycles. The number of nitro benzene ring substituents is 1. The Bertz CT molecular complexity index is 930. The van der Waals surface area contributed by atoms with E-state index in [-0.39, 0.29) is 16.9 Å². The maximum absolute atomic E-state index is 12.2. The minimum atomic E-state index is -1.23. The van der Waals surface area contributed by atoms with E-state index in [9.17, 15) is 24.5 Å². The predicted octanol–water partition coefficient (Wildman–Crippen LogP) is 1.90. The molecular formula is C19H19N3O7. The van der Waals surface area contributed by atoms with Crippen LogP contribution in [0, 0.1) is 10.1 Å². The van der Waals surface area contributed by atoms with E-state index in [0.717, 1.165) is 0 Å². The van der Waals surface area contributed by atoms with E-state index in [1.54, 1.807) is 18.2 Å². The lowest BCUT2D eigenvalue weighted by Gasteiger charge is -2.14. The summed E-state index contributed by atoms with van der Waals surface area (Å²) in [6, 6.07) is 12.0. The van der Waals surface area contributed by atoms with Crippen molar-refractivity contribution < 1.29 is 28.8 Å². The van der Waals surface area contributed by atoms with E-state index in [0.29, 0.717) is 5.75 Å². The molecule has 2 aromatic rings. The first kappa shape index (κ1) is 21.4. The number of carbonyl (C=O) groups is 3. The van der Waals surface area contributed by atoms with Crippen LogP contribution in [0.2, 0.25) is 0 Å². The van der Waals surface area contributed by atoms with Crippen molar-refractivity contribution in [3.05, 3.63) is 64.2 Å². The summed E-state index contributed by atoms with van der Waals surface area (Å²) in [5.41, 5.74) is -0.0664. The molecule has 0 spiro atoms. The number of amides is 2. The zero-order chi connectivity index (χ0) is 21.4. The van der Waals surface area contributed by atoms with Crippen molar-refractivity contribution in [1.29, 1.82) is 0 Å². The van der Waals surface area contributed by atoms with Gasteiger partial charge >= 0.3 is 5.97 Å². The minimum absolute atomic E-state index is 0.0186. The number of nitrogens with zero attached hydrogens (tertiary/aromatic N) is 1. The fourth-order valence-electron chi connectivity index (χ4n) is 2.35. The number of nitro groups is 1. The standard InChI is InChI=1S/C19H19N3O7/c1-12(18(24)21-14-8-4-5-9-15(14)22(26)27)29-17(23)11-20-19(25)13-7-3-6-10-16(13)28-2/h3-10,12H,11H2,1-2H3,(H,20,25)(H,21,24)/t12-/m1/s1. The third-order valence-electron chi connectivity index (χ3n) is 3.78. The van der Waals surface area contributed by atoms with Gasteiger partial charge in [0.1, 0.15) is 18.0 Å². The first-order valence-corrected chi connectivity index (χ1v) is 8.48. The summed E-state index contributed by atoms with van der Waals surface area (Å²) in [5, 5.41) is 15.7. The number of ether oxygens (including phenoxy) is 2. The summed E-state index contributed by atoms with van der Waals surface area (Å²) >= 11 is 0. The minimum Gasteiger partial charge on any atom is -0.496 e. The maximum Gasteiger partial charge on any atom is 0.326 e. The van der Waals surface area contributed by atoms with Crippen LogP contribution in [0.1, 0.15) is 17.3 Å². The first-order chi connectivity index (χ1) is 13.8. The molecule has 2 N–H and O–H groups in total. The average molecular weight is 401 g/mol. The molecule has 2 rings (SSSR count). The van der Waals surface area contributed by atoms with Crippen LogP contribution in [0.3, 0.4) is 0 Å². The largest absolute Gasteiger partial charge is 0.496 e. The van der Waals surface area contributed by atoms with Crippen LogP contribution >= 0.6 is 0 Å². The molecule has 0 saturated heterocycles. The lowest BCUT2D eigenvalue weighted by Crippen LogP contribution is -2.36. The Hall–Kier alpha value is -3.95. The zero-order valence-corrected chi connectivity index (χ0v) is 15.7. The molecule has 152 valence electrons. The van der Waals surface area contributed by atoms with E-state index < -0.39 is 35.4 Å². The number of benzene rings is 2. The van der Waals surface area contributed by atoms with Gasteiger partial charge < -0.3 is 20.1 Å². The van der Waals surface area contributed by atoms with E-state index in [1.165, 1.54) is 44.4 Å². The number of rotatable bonds is 8. The Kier molecular flexibility index (Phi) is 7.24. The number of para-hydroxylation sites is 3. The molecule has 1 atom stereocenters. The summed E-state index contributed by atoms with van der Waals surface area (Å²) in [6.45, 7) is 0.837. The lowest BCUT2D eigenvalue weighted by atomic mass is 10.2. The summed E-state index contributed by atoms with van der Waals surface area (Å²) < 4.78 is 10.0. The molecule has 29 heavy (non-hydrogen) atoms. The molecule has 0 aliphatic heterocycles. The van der Waals surface area contributed by atoms with Crippen molar-refractivity contribution in [2.45, 2.75) is 13.0 Å². The molecule has 0 heterocycles. The van der Waals surface area contributed by atoms with Gasteiger partial charge in [-0.3, -0.25) is 24.5 Å². The van der Waals surface area contributed by atoms with E-state index in [4.69, 9.17) is 9.47 Å². The second-order valence-corrected chi connectivity index (χ2v) is 5.78. The Morgan fingerprint density at radius 3 is 2.45 bits per heavy atom. The smallest absolute Gasteiger partial charge is 0.326 e. The molecule has 2 aromatic carbocycles. The normalized spacial score (nSPS) is 11.1. The molecule has 0 aliphatic rings. The summed E-state index contributed by atoms with van der Waals surface area (Å²) in [5.74, 6) is -1.80. The van der Waals surface area contributed by atoms with Gasteiger partial charge in [-0.2, -0.15) is 0 Å². The number of methoxy groups -OCH3 is 1. The molecule has 0 aliphatic carbocycles. The monoisotopic (exact) mass is 401 g/mol. The Balaban J connectivity index is 1.89. The van der Waals surface area contributed by atoms with E-state index in [1.807, 2.05) is 0 Å². The van der Waals surface area contributed by atoms with Crippen LogP contribution in [0.25, 0.3) is 0 Å². The molecule has 10 heteroatoms. The van der Waals surface area contributed by atoms with Crippen molar-refractivity contribution in [3.63, 3.8) is 0 Å². The van der Waals surface area contributed by atoms with Gasteiger partial charge in [-0.05, 0) is 25.1 Å². The van der Waals surface area contributed by atoms with Crippen LogP contribution in [-0.4, -0.2) is 42.5 Å². The van der Waals surface area contributed by atoms with Gasteiger partial charge in [-0.25, -0.2) is 0 Å². The lowest BCUT2D eigenvalue weighted by molar-refractivity contribution is -0.383. The first-order valence-electron chi connectivity index (χ1n) is 8.48. The maximum atomic E-state index is 12.2. The predicted molar refractivity (Wildman–Crippen MR) is 103 cm³/mol. The third-order valence-corrected chi connectivity index (χ3v) is 3.78. The molecule has 0 unspecified atom stereocenters. The van der Waals surface area contributed by atoms with Crippen molar-refractivity contribution in [1.82, 2.24) is 5.32 Å². The Morgan fingerprint density at radius 2 is 1.76 bits per heavy atom. The van der Waals surface area contributed by atoms with Gasteiger partial charge in [-0.15, -0.1) is 0 Å². The summed E-state index contributed by atoms with van der Waals surface area (Å²) in [7, 11) is 1.41. The van der Waals surface area contributed by atoms with Crippen molar-refractivity contribution in [2.75, 3.05) is 19.0 Å². The SMILES string of the molecule is COc1ccccc1C(=O)NCC(=O)O[C@H](C)C(=O)Nc1ccccc1[N+](=O)[O-]. The van der Waals surface area contributed by atoms with Crippen LogP contribution in [-0.2, 0) is 14.3 Å². The van der Waals surface area contributed by atoms with Crippen molar-refractivity contribution >= 4 is 29.2 Å². The van der Waals surface area contributed by atoms with E-state index in [2.05, 4.69) is 10.6 Å². The molecule has 0 bridgehead atoms. The van der Waals surface area contributed by atoms with Gasteiger partial charge in [-0.1, -0.05) is 24.3 Å². The summed E-state index contributed by atoms with van der Waals surface area (Å²) in [4.78, 5) is 46.6. The van der Waals surface area contributed by atoms with Gasteiger partial charge in [0.05, 0.1) is 17.6 Å². The zero-order valence-electron chi connectivity index (χ0n) is 15.7. The molecule has 2 amide bonds. The highest BCUT2D eigenvalue weighted by Gasteiger charge is 2.22. The molecule has 0 fully saturated rings. The van der Waals surface area contributed by atoms with Gasteiger partial charge in [0.25, 0.3) is 17.5 Å². The van der Waals surface area contributed by atoms with Crippen LogP contribution < -0.4 is 15.4 Å². The number of nitrogens with one attached hydrogen (secondary N) is 2. The quantitative estimate of drug-likeness (QED) is 0.391. The average Bonchev–Trinajstić information content (AvgIpc) is 2.72. The van der Waals surface area contributed by atoms with Crippen molar-refractivity contribution in [3.8, 4) is 5.75 Å². The molecule has 0 aromatic heterocycles. The van der Waals surface area contributed by atoms with Crippen LogP contribution in [0.15, 0.2) is 48.5 Å². The molecule has 10 nitrogen and oxygen atoms in total. The Morgan fingerprint density at radius 1 is 1.10 bits per heavy atom. The fraction of sp³-hybridized carbons (Fsp3) is 0.211. The number of esters is 1. The molecular weight excluding hydrogens is 382 g/mol. The second kappa shape index (κ2) is 9.83. The van der Waals surface area contributed by atoms with Gasteiger partial charge in [0.2, 0.25) is 0 Å².